The molecule has 0 bridgehead atoms. The van der Waals surface area contributed by atoms with Gasteiger partial charge in [0.15, 0.2) is 0 Å². The van der Waals surface area contributed by atoms with Gasteiger partial charge in [0.2, 0.25) is 0 Å². The third kappa shape index (κ3) is 2.99. The van der Waals surface area contributed by atoms with Gasteiger partial charge in [-0.05, 0) is 30.4 Å². The number of hydrogen-bond acceptors (Lipinski definition) is 1. The molecule has 3 heteroatoms. The summed E-state index contributed by atoms with van der Waals surface area (Å²) in [4.78, 5) is 0. The fourth-order valence-corrected chi connectivity index (χ4v) is 3.17. The monoisotopic (exact) mass is 301 g/mol. The van der Waals surface area contributed by atoms with Gasteiger partial charge in [-0.25, -0.2) is 0 Å². The first-order valence-corrected chi connectivity index (χ1v) is 7.16. The van der Waals surface area contributed by atoms with E-state index in [9.17, 15) is 0 Å². The molecule has 1 aromatic carbocycles. The molecule has 1 nitrogen and oxygen atoms in total. The lowest BCUT2D eigenvalue weighted by Gasteiger charge is -2.19. The highest BCUT2D eigenvalue weighted by molar-refractivity contribution is 9.10. The summed E-state index contributed by atoms with van der Waals surface area (Å²) >= 11 is 9.54. The van der Waals surface area contributed by atoms with E-state index in [4.69, 9.17) is 11.6 Å². The van der Waals surface area contributed by atoms with Crippen molar-refractivity contribution in [1.29, 1.82) is 0 Å². The van der Waals surface area contributed by atoms with Gasteiger partial charge < -0.3 is 5.32 Å². The zero-order chi connectivity index (χ0) is 11.4. The molecule has 0 aromatic heterocycles. The molecule has 16 heavy (non-hydrogen) atoms. The van der Waals surface area contributed by atoms with E-state index in [0.717, 1.165) is 12.4 Å². The van der Waals surface area contributed by atoms with Gasteiger partial charge in [-0.1, -0.05) is 40.5 Å². The molecule has 1 fully saturated rings. The number of alkyl halides is 1. The van der Waals surface area contributed by atoms with E-state index < -0.39 is 0 Å². The maximum atomic E-state index is 5.97. The Kier molecular flexibility index (Phi) is 4.68. The van der Waals surface area contributed by atoms with Crippen LogP contribution in [-0.4, -0.2) is 11.9 Å². The summed E-state index contributed by atoms with van der Waals surface area (Å²) in [5.41, 5.74) is 1.32. The molecule has 1 N–H and O–H groups in total. The summed E-state index contributed by atoms with van der Waals surface area (Å²) in [7, 11) is 0. The van der Waals surface area contributed by atoms with Crippen molar-refractivity contribution in [2.45, 2.75) is 31.8 Å². The normalized spacial score (nSPS) is 24.9. The zero-order valence-electron chi connectivity index (χ0n) is 9.26. The molecule has 2 atom stereocenters. The van der Waals surface area contributed by atoms with Crippen molar-refractivity contribution in [1.82, 2.24) is 5.32 Å². The summed E-state index contributed by atoms with van der Waals surface area (Å²) in [6.45, 7) is 0.930. The minimum absolute atomic E-state index is 0.601. The van der Waals surface area contributed by atoms with Crippen LogP contribution < -0.4 is 5.32 Å². The zero-order valence-corrected chi connectivity index (χ0v) is 11.6. The lowest BCUT2D eigenvalue weighted by Crippen LogP contribution is -2.32. The molecule has 1 aliphatic rings. The summed E-state index contributed by atoms with van der Waals surface area (Å²) in [5.74, 6) is 1.44. The molecule has 0 saturated heterocycles. The van der Waals surface area contributed by atoms with Gasteiger partial charge in [0, 0.05) is 22.9 Å². The summed E-state index contributed by atoms with van der Waals surface area (Å²) in [5, 5.41) is 3.63. The molecule has 1 saturated carbocycles. The number of halogens is 2. The Labute approximate surface area is 111 Å². The van der Waals surface area contributed by atoms with Crippen molar-refractivity contribution in [2.24, 2.45) is 5.92 Å². The first kappa shape index (κ1) is 12.4. The number of hydrogen-bond donors (Lipinski definition) is 1. The van der Waals surface area contributed by atoms with E-state index in [2.05, 4.69) is 39.4 Å². The van der Waals surface area contributed by atoms with Crippen molar-refractivity contribution < 1.29 is 0 Å². The second-order valence-electron chi connectivity index (χ2n) is 4.42. The van der Waals surface area contributed by atoms with E-state index in [1.54, 1.807) is 0 Å². The maximum Gasteiger partial charge on any atom is 0.0266 e. The standard InChI is InChI=1S/C13H17BrClN/c14-12-6-2-1-4-11(12)9-16-13-7-3-5-10(13)8-15/h1-2,4,6,10,13,16H,3,5,7-9H2. The molecule has 0 spiro atoms. The second-order valence-corrected chi connectivity index (χ2v) is 5.59. The third-order valence-corrected chi connectivity index (χ3v) is 4.54. The van der Waals surface area contributed by atoms with Crippen molar-refractivity contribution in [3.63, 3.8) is 0 Å². The van der Waals surface area contributed by atoms with Crippen molar-refractivity contribution in [2.75, 3.05) is 5.88 Å². The highest BCUT2D eigenvalue weighted by Gasteiger charge is 2.25. The maximum absolute atomic E-state index is 5.97. The Morgan fingerprint density at radius 3 is 2.88 bits per heavy atom. The quantitative estimate of drug-likeness (QED) is 0.831. The molecule has 0 heterocycles. The van der Waals surface area contributed by atoms with Gasteiger partial charge in [0.05, 0.1) is 0 Å². The molecule has 1 aliphatic carbocycles. The Hall–Kier alpha value is -0.0500. The van der Waals surface area contributed by atoms with E-state index in [1.807, 2.05) is 6.07 Å². The molecular weight excluding hydrogens is 286 g/mol. The number of rotatable bonds is 4. The van der Waals surface area contributed by atoms with Gasteiger partial charge in [-0.3, -0.25) is 0 Å². The molecule has 88 valence electrons. The molecule has 2 unspecified atom stereocenters. The average Bonchev–Trinajstić information content (AvgIpc) is 2.75. The van der Waals surface area contributed by atoms with E-state index >= 15 is 0 Å². The van der Waals surface area contributed by atoms with E-state index in [0.29, 0.717) is 12.0 Å². The smallest absolute Gasteiger partial charge is 0.0266 e. The SMILES string of the molecule is ClCC1CCCC1NCc1ccccc1Br. The lowest BCUT2D eigenvalue weighted by atomic mass is 10.1. The van der Waals surface area contributed by atoms with Gasteiger partial charge in [-0.15, -0.1) is 11.6 Å². The highest BCUT2D eigenvalue weighted by Crippen LogP contribution is 2.27. The summed E-state index contributed by atoms with van der Waals surface area (Å²) in [6.07, 6.45) is 3.85. The van der Waals surface area contributed by atoms with Crippen LogP contribution in [0, 0.1) is 5.92 Å². The third-order valence-electron chi connectivity index (χ3n) is 3.37. The van der Waals surface area contributed by atoms with Crippen LogP contribution in [0.25, 0.3) is 0 Å². The Morgan fingerprint density at radius 2 is 2.12 bits per heavy atom. The number of nitrogens with one attached hydrogen (secondary N) is 1. The Morgan fingerprint density at radius 1 is 1.31 bits per heavy atom. The van der Waals surface area contributed by atoms with Crippen LogP contribution >= 0.6 is 27.5 Å². The van der Waals surface area contributed by atoms with Crippen LogP contribution in [0.4, 0.5) is 0 Å². The van der Waals surface area contributed by atoms with Crippen molar-refractivity contribution >= 4 is 27.5 Å². The van der Waals surface area contributed by atoms with Crippen LogP contribution in [0.1, 0.15) is 24.8 Å². The minimum Gasteiger partial charge on any atom is -0.310 e. The van der Waals surface area contributed by atoms with Crippen LogP contribution in [0.3, 0.4) is 0 Å². The predicted molar refractivity (Wildman–Crippen MR) is 72.8 cm³/mol. The highest BCUT2D eigenvalue weighted by atomic mass is 79.9. The van der Waals surface area contributed by atoms with Gasteiger partial charge in [0.1, 0.15) is 0 Å². The molecule has 2 rings (SSSR count). The molecular formula is C13H17BrClN. The second kappa shape index (κ2) is 6.04. The Bertz CT molecular complexity index is 342. The topological polar surface area (TPSA) is 12.0 Å². The predicted octanol–water partition coefficient (Wildman–Crippen LogP) is 3.95. The Balaban J connectivity index is 1.90. The molecule has 0 aliphatic heterocycles. The fraction of sp³-hybridized carbons (Fsp3) is 0.538. The van der Waals surface area contributed by atoms with Crippen LogP contribution in [-0.2, 0) is 6.54 Å². The molecule has 1 aromatic rings. The number of benzene rings is 1. The first-order valence-electron chi connectivity index (χ1n) is 5.84. The van der Waals surface area contributed by atoms with Crippen molar-refractivity contribution in [3.05, 3.63) is 34.3 Å². The first-order chi connectivity index (χ1) is 7.81. The van der Waals surface area contributed by atoms with E-state index in [-0.39, 0.29) is 0 Å². The summed E-state index contributed by atoms with van der Waals surface area (Å²) in [6, 6.07) is 8.97. The summed E-state index contributed by atoms with van der Waals surface area (Å²) < 4.78 is 1.18. The largest absolute Gasteiger partial charge is 0.310 e. The van der Waals surface area contributed by atoms with E-state index in [1.165, 1.54) is 29.3 Å². The lowest BCUT2D eigenvalue weighted by molar-refractivity contribution is 0.429. The van der Waals surface area contributed by atoms with Crippen LogP contribution in [0.2, 0.25) is 0 Å². The van der Waals surface area contributed by atoms with Gasteiger partial charge in [0.25, 0.3) is 0 Å². The van der Waals surface area contributed by atoms with Crippen molar-refractivity contribution in [3.8, 4) is 0 Å². The van der Waals surface area contributed by atoms with Gasteiger partial charge >= 0.3 is 0 Å². The molecule has 0 radical (unpaired) electrons. The minimum atomic E-state index is 0.601. The van der Waals surface area contributed by atoms with Crippen LogP contribution in [0.15, 0.2) is 28.7 Å². The van der Waals surface area contributed by atoms with Crippen LogP contribution in [0.5, 0.6) is 0 Å². The molecule has 0 amide bonds. The fourth-order valence-electron chi connectivity index (χ4n) is 2.37. The van der Waals surface area contributed by atoms with Gasteiger partial charge in [-0.2, -0.15) is 0 Å². The average molecular weight is 303 g/mol.